The van der Waals surface area contributed by atoms with Gasteiger partial charge in [-0.1, -0.05) is 111 Å². The fourth-order valence-corrected chi connectivity index (χ4v) is 12.9. The monoisotopic (exact) mass is 588 g/mol. The summed E-state index contributed by atoms with van der Waals surface area (Å²) in [5.41, 5.74) is 3.63. The van der Waals surface area contributed by atoms with E-state index in [1.807, 2.05) is 37.3 Å². The highest BCUT2D eigenvalue weighted by atomic mass is 32.2. The van der Waals surface area contributed by atoms with Crippen molar-refractivity contribution in [3.8, 4) is 5.75 Å². The van der Waals surface area contributed by atoms with Gasteiger partial charge in [0, 0.05) is 5.56 Å². The Kier molecular flexibility index (Phi) is 8.44. The fourth-order valence-electron chi connectivity index (χ4n) is 6.40. The summed E-state index contributed by atoms with van der Waals surface area (Å²) in [6.45, 7) is 9.19. The molecule has 0 amide bonds. The number of sulfone groups is 1. The van der Waals surface area contributed by atoms with Gasteiger partial charge in [0.1, 0.15) is 11.0 Å². The van der Waals surface area contributed by atoms with Crippen LogP contribution in [0.1, 0.15) is 46.1 Å². The van der Waals surface area contributed by atoms with Crippen LogP contribution < -0.4 is 10.4 Å². The maximum atomic E-state index is 13.3. The third-order valence-corrected chi connectivity index (χ3v) is 15.4. The van der Waals surface area contributed by atoms with Gasteiger partial charge in [-0.25, -0.2) is 8.42 Å². The second kappa shape index (κ2) is 11.7. The normalized spacial score (nSPS) is 20.8. The van der Waals surface area contributed by atoms with Crippen molar-refractivity contribution < 1.29 is 22.7 Å². The van der Waals surface area contributed by atoms with Gasteiger partial charge in [0.05, 0.1) is 25.1 Å². The number of hydrogen-bond acceptors (Lipinski definition) is 5. The van der Waals surface area contributed by atoms with Gasteiger partial charge in [0.2, 0.25) is 0 Å². The average Bonchev–Trinajstić information content (AvgIpc) is 3.49. The van der Waals surface area contributed by atoms with E-state index in [4.69, 9.17) is 9.16 Å². The first kappa shape index (κ1) is 29.5. The lowest BCUT2D eigenvalue weighted by Gasteiger charge is -2.43. The number of fused-ring (bicyclic) bond motifs is 1. The molecular weight excluding hydrogens is 549 g/mol. The summed E-state index contributed by atoms with van der Waals surface area (Å²) in [7, 11) is -6.16. The van der Waals surface area contributed by atoms with Gasteiger partial charge in [-0.05, 0) is 52.4 Å². The van der Waals surface area contributed by atoms with Crippen molar-refractivity contribution in [3.05, 3.63) is 107 Å². The molecule has 2 aliphatic heterocycles. The predicted octanol–water partition coefficient (Wildman–Crippen LogP) is 5.64. The van der Waals surface area contributed by atoms with Crippen LogP contribution in [0.5, 0.6) is 5.75 Å². The van der Waals surface area contributed by atoms with E-state index in [9.17, 15) is 13.5 Å². The van der Waals surface area contributed by atoms with E-state index in [1.54, 1.807) is 12.1 Å². The van der Waals surface area contributed by atoms with E-state index < -0.39 is 23.4 Å². The van der Waals surface area contributed by atoms with E-state index in [2.05, 4.69) is 69.3 Å². The van der Waals surface area contributed by atoms with Crippen molar-refractivity contribution in [2.24, 2.45) is 0 Å². The van der Waals surface area contributed by atoms with Crippen molar-refractivity contribution >= 4 is 34.6 Å². The molecule has 0 aromatic heterocycles. The number of allylic oxidation sites excluding steroid dienone is 1. The molecule has 0 spiro atoms. The number of para-hydroxylation sites is 1. The minimum atomic E-state index is -3.34. The Hall–Kier alpha value is -2.97. The highest BCUT2D eigenvalue weighted by Crippen LogP contribution is 2.41. The number of phenolic OH excluding ortho intramolecular Hbond substituents is 1. The molecule has 0 unspecified atom stereocenters. The lowest BCUT2D eigenvalue weighted by molar-refractivity contribution is 0.117. The summed E-state index contributed by atoms with van der Waals surface area (Å²) < 4.78 is 39.8. The van der Waals surface area contributed by atoms with Gasteiger partial charge < -0.3 is 14.3 Å². The molecule has 2 aliphatic rings. The standard InChI is InChI=1S/C34H40O5SSi/c1-25(21-26-13-11-12-18-30(26)35)19-20-31-33-27(24-40(36,37)32(33)23-38-31)22-39-41(34(2,3)4,28-14-7-5-8-15-28)29-16-9-6-10-17-29/h5-18,21,31-32,35H,19-20,22-24H2,1-4H3/b25-21+/t31-,32+/m1/s1. The van der Waals surface area contributed by atoms with Crippen LogP contribution in [0.3, 0.4) is 0 Å². The third kappa shape index (κ3) is 5.86. The Morgan fingerprint density at radius 2 is 1.56 bits per heavy atom. The summed E-state index contributed by atoms with van der Waals surface area (Å²) in [6.07, 6.45) is 3.13. The third-order valence-electron chi connectivity index (χ3n) is 8.38. The molecule has 1 fully saturated rings. The minimum Gasteiger partial charge on any atom is -0.507 e. The summed E-state index contributed by atoms with van der Waals surface area (Å²) in [5.74, 6) is 0.272. The quantitative estimate of drug-likeness (QED) is 0.259. The Bertz CT molecular complexity index is 1500. The van der Waals surface area contributed by atoms with E-state index in [0.717, 1.165) is 28.7 Å². The number of rotatable bonds is 9. The van der Waals surface area contributed by atoms with Crippen LogP contribution in [-0.2, 0) is 19.0 Å². The lowest BCUT2D eigenvalue weighted by atomic mass is 9.97. The molecule has 0 saturated carbocycles. The Labute approximate surface area is 245 Å². The van der Waals surface area contributed by atoms with Crippen LogP contribution >= 0.6 is 0 Å². The summed E-state index contributed by atoms with van der Waals surface area (Å²) in [4.78, 5) is 0. The van der Waals surface area contributed by atoms with Crippen molar-refractivity contribution in [3.63, 3.8) is 0 Å². The molecule has 0 bridgehead atoms. The van der Waals surface area contributed by atoms with E-state index in [-0.39, 0.29) is 35.9 Å². The number of ether oxygens (including phenoxy) is 1. The smallest absolute Gasteiger partial charge is 0.261 e. The molecule has 41 heavy (non-hydrogen) atoms. The molecule has 1 N–H and O–H groups in total. The van der Waals surface area contributed by atoms with Gasteiger partial charge in [0.15, 0.2) is 9.84 Å². The SMILES string of the molecule is C/C(=C\c1ccccc1O)CC[C@H]1OC[C@H]2C1=C(CO[Si](c1ccccc1)(c1ccccc1)C(C)(C)C)CS2(=O)=O. The summed E-state index contributed by atoms with van der Waals surface area (Å²) >= 11 is 0. The zero-order chi connectivity index (χ0) is 29.3. The largest absolute Gasteiger partial charge is 0.507 e. The molecule has 3 aromatic carbocycles. The molecule has 7 heteroatoms. The van der Waals surface area contributed by atoms with Gasteiger partial charge >= 0.3 is 0 Å². The van der Waals surface area contributed by atoms with Gasteiger partial charge in [0.25, 0.3) is 8.32 Å². The predicted molar refractivity (Wildman–Crippen MR) is 169 cm³/mol. The first-order valence-electron chi connectivity index (χ1n) is 14.3. The fraction of sp³-hybridized carbons (Fsp3) is 0.353. The molecule has 2 atom stereocenters. The van der Waals surface area contributed by atoms with E-state index in [0.29, 0.717) is 6.42 Å². The van der Waals surface area contributed by atoms with Crippen molar-refractivity contribution in [1.29, 1.82) is 0 Å². The minimum absolute atomic E-state index is 0.0256. The average molecular weight is 589 g/mol. The van der Waals surface area contributed by atoms with Crippen molar-refractivity contribution in [2.75, 3.05) is 19.0 Å². The molecule has 5 nitrogen and oxygen atoms in total. The van der Waals surface area contributed by atoms with Gasteiger partial charge in [-0.15, -0.1) is 0 Å². The number of hydrogen-bond donors (Lipinski definition) is 1. The molecule has 1 saturated heterocycles. The molecule has 0 aliphatic carbocycles. The van der Waals surface area contributed by atoms with Crippen LogP contribution in [0, 0.1) is 0 Å². The van der Waals surface area contributed by atoms with Crippen LogP contribution in [0.25, 0.3) is 6.08 Å². The van der Waals surface area contributed by atoms with Crippen LogP contribution in [0.15, 0.2) is 102 Å². The zero-order valence-electron chi connectivity index (χ0n) is 24.3. The summed E-state index contributed by atoms with van der Waals surface area (Å²) in [5, 5.41) is 11.7. The Balaban J connectivity index is 1.45. The summed E-state index contributed by atoms with van der Waals surface area (Å²) in [6, 6.07) is 28.1. The second-order valence-corrected chi connectivity index (χ2v) is 18.7. The van der Waals surface area contributed by atoms with Crippen LogP contribution in [0.4, 0.5) is 0 Å². The van der Waals surface area contributed by atoms with Gasteiger partial charge in [-0.3, -0.25) is 0 Å². The molecule has 0 radical (unpaired) electrons. The zero-order valence-corrected chi connectivity index (χ0v) is 26.2. The maximum Gasteiger partial charge on any atom is 0.261 e. The van der Waals surface area contributed by atoms with E-state index >= 15 is 0 Å². The van der Waals surface area contributed by atoms with Crippen molar-refractivity contribution in [1.82, 2.24) is 0 Å². The first-order chi connectivity index (χ1) is 19.5. The first-order valence-corrected chi connectivity index (χ1v) is 17.9. The van der Waals surface area contributed by atoms with E-state index in [1.165, 1.54) is 10.4 Å². The molecule has 3 aromatic rings. The number of aromatic hydroxyl groups is 1. The molecule has 5 rings (SSSR count). The Morgan fingerprint density at radius 3 is 2.15 bits per heavy atom. The van der Waals surface area contributed by atoms with Crippen LogP contribution in [0.2, 0.25) is 5.04 Å². The topological polar surface area (TPSA) is 72.8 Å². The van der Waals surface area contributed by atoms with Crippen LogP contribution in [-0.4, -0.2) is 52.2 Å². The second-order valence-electron chi connectivity index (χ2n) is 12.2. The highest BCUT2D eigenvalue weighted by Gasteiger charge is 2.52. The highest BCUT2D eigenvalue weighted by molar-refractivity contribution is 7.92. The van der Waals surface area contributed by atoms with Crippen molar-refractivity contribution in [2.45, 2.75) is 56.9 Å². The number of benzene rings is 3. The number of phenols is 1. The molecule has 216 valence electrons. The molecular formula is C34H40O5SSi. The lowest BCUT2D eigenvalue weighted by Crippen LogP contribution is -2.66. The maximum absolute atomic E-state index is 13.3. The van der Waals surface area contributed by atoms with Gasteiger partial charge in [-0.2, -0.15) is 0 Å². The Morgan fingerprint density at radius 1 is 0.976 bits per heavy atom. The molecule has 2 heterocycles.